The maximum atomic E-state index is 13.4. The zero-order chi connectivity index (χ0) is 24.8. The molecule has 2 aliphatic heterocycles. The van der Waals surface area contributed by atoms with Crippen LogP contribution in [0.3, 0.4) is 0 Å². The normalized spacial score (nSPS) is 15.5. The highest BCUT2D eigenvalue weighted by molar-refractivity contribution is 6.05. The van der Waals surface area contributed by atoms with Gasteiger partial charge >= 0.3 is 0 Å². The first-order chi connectivity index (χ1) is 16.9. The van der Waals surface area contributed by atoms with E-state index in [2.05, 4.69) is 4.99 Å². The minimum atomic E-state index is -0.248. The topological polar surface area (TPSA) is 114 Å². The molecule has 0 aliphatic carbocycles. The SMILES string of the molecule is CCCN(OCc1ccc(N)cc1)C(=O)C1=Cc2ccc(C(=O)N3CCCCC3)cc2N=C(N)C1. The number of anilines is 1. The maximum Gasteiger partial charge on any atom is 0.273 e. The molecule has 2 amide bonds. The smallest absolute Gasteiger partial charge is 0.273 e. The van der Waals surface area contributed by atoms with Crippen LogP contribution < -0.4 is 11.5 Å². The van der Waals surface area contributed by atoms with Crippen LogP contribution in [0.4, 0.5) is 11.4 Å². The number of rotatable bonds is 7. The highest BCUT2D eigenvalue weighted by Crippen LogP contribution is 2.29. The van der Waals surface area contributed by atoms with Crippen LogP contribution in [0.2, 0.25) is 0 Å². The van der Waals surface area contributed by atoms with Crippen molar-refractivity contribution in [2.75, 3.05) is 25.4 Å². The van der Waals surface area contributed by atoms with Gasteiger partial charge in [0.25, 0.3) is 11.8 Å². The number of nitrogen functional groups attached to an aromatic ring is 1. The van der Waals surface area contributed by atoms with Gasteiger partial charge in [-0.1, -0.05) is 25.1 Å². The van der Waals surface area contributed by atoms with Crippen LogP contribution >= 0.6 is 0 Å². The lowest BCUT2D eigenvalue weighted by atomic mass is 10.0. The Morgan fingerprint density at radius 1 is 1.06 bits per heavy atom. The standard InChI is InChI=1S/C27H33N5O3/c1-2-12-32(35-18-19-6-10-23(28)11-7-19)27(34)22-15-20-8-9-21(16-24(20)30-25(29)17-22)26(33)31-13-4-3-5-14-31/h6-11,15-16H,2-5,12-14,17-18,28H2,1H3,(H2,29,30). The molecule has 184 valence electrons. The van der Waals surface area contributed by atoms with Crippen LogP contribution in [0, 0.1) is 0 Å². The summed E-state index contributed by atoms with van der Waals surface area (Å²) >= 11 is 0. The second-order valence-electron chi connectivity index (χ2n) is 9.00. The fourth-order valence-corrected chi connectivity index (χ4v) is 4.29. The predicted molar refractivity (Wildman–Crippen MR) is 138 cm³/mol. The Morgan fingerprint density at radius 3 is 2.51 bits per heavy atom. The number of benzene rings is 2. The van der Waals surface area contributed by atoms with E-state index in [1.165, 1.54) is 5.06 Å². The molecule has 0 atom stereocenters. The van der Waals surface area contributed by atoms with Gasteiger partial charge in [-0.3, -0.25) is 14.4 Å². The molecule has 0 bridgehead atoms. The Labute approximate surface area is 206 Å². The van der Waals surface area contributed by atoms with Crippen molar-refractivity contribution in [2.45, 2.75) is 45.6 Å². The minimum Gasteiger partial charge on any atom is -0.399 e. The number of piperidine rings is 1. The number of likely N-dealkylation sites (tertiary alicyclic amines) is 1. The lowest BCUT2D eigenvalue weighted by molar-refractivity contribution is -0.187. The molecule has 4 N–H and O–H groups in total. The predicted octanol–water partition coefficient (Wildman–Crippen LogP) is 4.04. The zero-order valence-electron chi connectivity index (χ0n) is 20.2. The van der Waals surface area contributed by atoms with Crippen molar-refractivity contribution < 1.29 is 14.4 Å². The van der Waals surface area contributed by atoms with Gasteiger partial charge in [0, 0.05) is 48.4 Å². The summed E-state index contributed by atoms with van der Waals surface area (Å²) in [6.07, 6.45) is 5.97. The molecule has 0 aromatic heterocycles. The summed E-state index contributed by atoms with van der Waals surface area (Å²) < 4.78 is 0. The Bertz CT molecular complexity index is 1130. The van der Waals surface area contributed by atoms with Gasteiger partial charge in [0.05, 0.1) is 5.69 Å². The number of hydroxylamine groups is 2. The monoisotopic (exact) mass is 475 g/mol. The molecule has 1 saturated heterocycles. The van der Waals surface area contributed by atoms with E-state index in [1.807, 2.05) is 30.0 Å². The Hall–Kier alpha value is -3.65. The summed E-state index contributed by atoms with van der Waals surface area (Å²) in [5, 5.41) is 1.38. The fraction of sp³-hybridized carbons (Fsp3) is 0.370. The number of hydrogen-bond donors (Lipinski definition) is 2. The van der Waals surface area contributed by atoms with E-state index in [-0.39, 0.29) is 24.8 Å². The van der Waals surface area contributed by atoms with E-state index < -0.39 is 0 Å². The third kappa shape index (κ3) is 6.08. The third-order valence-corrected chi connectivity index (χ3v) is 6.18. The van der Waals surface area contributed by atoms with Gasteiger partial charge in [0.2, 0.25) is 0 Å². The van der Waals surface area contributed by atoms with Gasteiger partial charge in [-0.25, -0.2) is 10.1 Å². The Balaban J connectivity index is 1.53. The number of nitrogens with two attached hydrogens (primary N) is 2. The molecule has 2 heterocycles. The summed E-state index contributed by atoms with van der Waals surface area (Å²) in [4.78, 5) is 38.6. The van der Waals surface area contributed by atoms with Gasteiger partial charge in [-0.15, -0.1) is 0 Å². The molecule has 1 fully saturated rings. The van der Waals surface area contributed by atoms with Gasteiger partial charge in [0.1, 0.15) is 12.4 Å². The molecular formula is C27H33N5O3. The number of amidine groups is 1. The van der Waals surface area contributed by atoms with Crippen LogP contribution in [0.15, 0.2) is 53.0 Å². The molecule has 0 saturated carbocycles. The maximum absolute atomic E-state index is 13.4. The van der Waals surface area contributed by atoms with Crippen molar-refractivity contribution in [3.05, 3.63) is 64.7 Å². The van der Waals surface area contributed by atoms with Crippen LogP contribution in [0.5, 0.6) is 0 Å². The van der Waals surface area contributed by atoms with E-state index in [1.54, 1.807) is 30.3 Å². The van der Waals surface area contributed by atoms with Crippen LogP contribution in [0.1, 0.15) is 60.5 Å². The largest absolute Gasteiger partial charge is 0.399 e. The van der Waals surface area contributed by atoms with Gasteiger partial charge in [0.15, 0.2) is 0 Å². The highest BCUT2D eigenvalue weighted by Gasteiger charge is 2.24. The quantitative estimate of drug-likeness (QED) is 0.463. The summed E-state index contributed by atoms with van der Waals surface area (Å²) in [5.41, 5.74) is 16.0. The summed E-state index contributed by atoms with van der Waals surface area (Å²) in [6.45, 7) is 4.24. The lowest BCUT2D eigenvalue weighted by Gasteiger charge is -2.26. The molecule has 4 rings (SSSR count). The zero-order valence-corrected chi connectivity index (χ0v) is 20.2. The number of carbonyl (C=O) groups is 2. The van der Waals surface area contributed by atoms with E-state index in [0.29, 0.717) is 34.9 Å². The summed E-state index contributed by atoms with van der Waals surface area (Å²) in [5.74, 6) is 0.0821. The average Bonchev–Trinajstić information content (AvgIpc) is 3.04. The van der Waals surface area contributed by atoms with Crippen LogP contribution in [0.25, 0.3) is 6.08 Å². The van der Waals surface area contributed by atoms with Crippen molar-refractivity contribution in [1.29, 1.82) is 0 Å². The second-order valence-corrected chi connectivity index (χ2v) is 9.00. The molecule has 2 aromatic rings. The summed E-state index contributed by atoms with van der Waals surface area (Å²) in [7, 11) is 0. The highest BCUT2D eigenvalue weighted by atomic mass is 16.7. The Morgan fingerprint density at radius 2 is 1.80 bits per heavy atom. The van der Waals surface area contributed by atoms with Crippen molar-refractivity contribution in [3.63, 3.8) is 0 Å². The third-order valence-electron chi connectivity index (χ3n) is 6.18. The molecule has 0 spiro atoms. The first-order valence-electron chi connectivity index (χ1n) is 12.2. The molecule has 8 heteroatoms. The van der Waals surface area contributed by atoms with Crippen molar-refractivity contribution in [1.82, 2.24) is 9.96 Å². The second kappa shape index (κ2) is 11.2. The van der Waals surface area contributed by atoms with Gasteiger partial charge in [-0.2, -0.15) is 0 Å². The molecule has 2 aliphatic rings. The summed E-state index contributed by atoms with van der Waals surface area (Å²) in [6, 6.07) is 12.8. The van der Waals surface area contributed by atoms with Crippen LogP contribution in [-0.2, 0) is 16.2 Å². The molecule has 2 aromatic carbocycles. The van der Waals surface area contributed by atoms with Crippen molar-refractivity contribution in [3.8, 4) is 0 Å². The van der Waals surface area contributed by atoms with Gasteiger partial charge in [-0.05, 0) is 61.6 Å². The lowest BCUT2D eigenvalue weighted by Crippen LogP contribution is -2.35. The van der Waals surface area contributed by atoms with Gasteiger partial charge < -0.3 is 16.4 Å². The average molecular weight is 476 g/mol. The molecule has 0 radical (unpaired) electrons. The molecule has 0 unspecified atom stereocenters. The van der Waals surface area contributed by atoms with E-state index >= 15 is 0 Å². The molecular weight excluding hydrogens is 442 g/mol. The molecule has 35 heavy (non-hydrogen) atoms. The number of carbonyl (C=O) groups excluding carboxylic acids is 2. The minimum absolute atomic E-state index is 0.0102. The Kier molecular flexibility index (Phi) is 7.82. The number of fused-ring (bicyclic) bond motifs is 1. The van der Waals surface area contributed by atoms with E-state index in [9.17, 15) is 9.59 Å². The number of aliphatic imine (C=N–C) groups is 1. The van der Waals surface area contributed by atoms with E-state index in [0.717, 1.165) is 49.9 Å². The number of hydrogen-bond acceptors (Lipinski definition) is 6. The number of amides is 2. The van der Waals surface area contributed by atoms with Crippen LogP contribution in [-0.4, -0.2) is 47.2 Å². The fourth-order valence-electron chi connectivity index (χ4n) is 4.29. The first kappa shape index (κ1) is 24.5. The van der Waals surface area contributed by atoms with Crippen molar-refractivity contribution >= 4 is 35.1 Å². The first-order valence-corrected chi connectivity index (χ1v) is 12.2. The number of nitrogens with zero attached hydrogens (tertiary/aromatic N) is 3. The molecule has 8 nitrogen and oxygen atoms in total. The van der Waals surface area contributed by atoms with E-state index in [4.69, 9.17) is 16.3 Å². The van der Waals surface area contributed by atoms with Crippen molar-refractivity contribution in [2.24, 2.45) is 10.7 Å².